The largest absolute Gasteiger partial charge is 0.401 e. The molecule has 104 valence electrons. The average molecular weight is 292 g/mol. The Balaban J connectivity index is 2.26. The number of para-hydroxylation sites is 1. The summed E-state index contributed by atoms with van der Waals surface area (Å²) in [5.41, 5.74) is 1.45. The first kappa shape index (κ1) is 14.1. The lowest BCUT2D eigenvalue weighted by Crippen LogP contribution is -2.29. The molecule has 0 amide bonds. The van der Waals surface area contributed by atoms with Crippen molar-refractivity contribution in [2.75, 3.05) is 6.54 Å². The van der Waals surface area contributed by atoms with E-state index >= 15 is 0 Å². The van der Waals surface area contributed by atoms with Gasteiger partial charge in [0.1, 0.15) is 5.82 Å². The van der Waals surface area contributed by atoms with Gasteiger partial charge in [0, 0.05) is 6.54 Å². The molecule has 19 heavy (non-hydrogen) atoms. The number of fused-ring (bicyclic) bond motifs is 1. The number of aryl methyl sites for hydroxylation is 1. The van der Waals surface area contributed by atoms with Crippen molar-refractivity contribution in [1.82, 2.24) is 14.9 Å². The Morgan fingerprint density at radius 1 is 1.37 bits per heavy atom. The lowest BCUT2D eigenvalue weighted by Gasteiger charge is -2.09. The SMILES string of the molecule is CCn1c(CNCC(F)(F)F)nc2cccc(Cl)c21. The molecule has 1 aromatic heterocycles. The van der Waals surface area contributed by atoms with Crippen molar-refractivity contribution in [3.05, 3.63) is 29.0 Å². The molecule has 2 aromatic rings. The fourth-order valence-electron chi connectivity index (χ4n) is 1.98. The molecule has 0 aliphatic carbocycles. The molecule has 1 heterocycles. The van der Waals surface area contributed by atoms with Crippen molar-refractivity contribution in [1.29, 1.82) is 0 Å². The van der Waals surface area contributed by atoms with Crippen molar-refractivity contribution in [3.8, 4) is 0 Å². The maximum atomic E-state index is 12.1. The van der Waals surface area contributed by atoms with Crippen LogP contribution in [0.15, 0.2) is 18.2 Å². The van der Waals surface area contributed by atoms with Crippen LogP contribution in [0.4, 0.5) is 13.2 Å². The zero-order valence-corrected chi connectivity index (χ0v) is 11.0. The summed E-state index contributed by atoms with van der Waals surface area (Å²) >= 11 is 6.10. The molecule has 0 bridgehead atoms. The fourth-order valence-corrected chi connectivity index (χ4v) is 2.25. The Bertz CT molecular complexity index is 577. The number of halogens is 4. The molecule has 0 aliphatic rings. The highest BCUT2D eigenvalue weighted by Gasteiger charge is 2.26. The Kier molecular flexibility index (Phi) is 4.01. The van der Waals surface area contributed by atoms with E-state index in [0.717, 1.165) is 5.52 Å². The Morgan fingerprint density at radius 3 is 2.74 bits per heavy atom. The van der Waals surface area contributed by atoms with Crippen LogP contribution in [-0.2, 0) is 13.1 Å². The third kappa shape index (κ3) is 3.19. The van der Waals surface area contributed by atoms with E-state index in [1.54, 1.807) is 18.2 Å². The molecular formula is C12H13ClF3N3. The number of imidazole rings is 1. The van der Waals surface area contributed by atoms with Crippen LogP contribution < -0.4 is 5.32 Å². The number of alkyl halides is 3. The normalized spacial score (nSPS) is 12.3. The molecule has 1 N–H and O–H groups in total. The molecule has 0 aliphatic heterocycles. The number of benzene rings is 1. The van der Waals surface area contributed by atoms with Crippen molar-refractivity contribution in [2.24, 2.45) is 0 Å². The number of nitrogens with one attached hydrogen (secondary N) is 1. The molecule has 0 radical (unpaired) electrons. The number of hydrogen-bond donors (Lipinski definition) is 1. The molecule has 0 spiro atoms. The van der Waals surface area contributed by atoms with Crippen LogP contribution in [0, 0.1) is 0 Å². The van der Waals surface area contributed by atoms with Crippen LogP contribution in [0.2, 0.25) is 5.02 Å². The molecule has 3 nitrogen and oxygen atoms in total. The second-order valence-electron chi connectivity index (χ2n) is 4.10. The van der Waals surface area contributed by atoms with E-state index in [1.165, 1.54) is 0 Å². The van der Waals surface area contributed by atoms with E-state index in [-0.39, 0.29) is 6.54 Å². The fraction of sp³-hybridized carbons (Fsp3) is 0.417. The van der Waals surface area contributed by atoms with Gasteiger partial charge in [-0.3, -0.25) is 0 Å². The van der Waals surface area contributed by atoms with Gasteiger partial charge in [-0.15, -0.1) is 0 Å². The van der Waals surface area contributed by atoms with Crippen LogP contribution in [0.1, 0.15) is 12.7 Å². The van der Waals surface area contributed by atoms with E-state index < -0.39 is 12.7 Å². The van der Waals surface area contributed by atoms with Crippen LogP contribution in [0.3, 0.4) is 0 Å². The second-order valence-corrected chi connectivity index (χ2v) is 4.51. The van der Waals surface area contributed by atoms with Gasteiger partial charge in [0.2, 0.25) is 0 Å². The molecule has 0 fully saturated rings. The molecule has 7 heteroatoms. The summed E-state index contributed by atoms with van der Waals surface area (Å²) < 4.78 is 38.1. The topological polar surface area (TPSA) is 29.9 Å². The lowest BCUT2D eigenvalue weighted by atomic mass is 10.3. The van der Waals surface area contributed by atoms with Crippen LogP contribution in [-0.4, -0.2) is 22.3 Å². The number of nitrogens with zero attached hydrogens (tertiary/aromatic N) is 2. The quantitative estimate of drug-likeness (QED) is 0.936. The van der Waals surface area contributed by atoms with Crippen molar-refractivity contribution in [3.63, 3.8) is 0 Å². The molecule has 0 atom stereocenters. The van der Waals surface area contributed by atoms with Gasteiger partial charge in [0.25, 0.3) is 0 Å². The Hall–Kier alpha value is -1.27. The summed E-state index contributed by atoms with van der Waals surface area (Å²) in [4.78, 5) is 4.31. The summed E-state index contributed by atoms with van der Waals surface area (Å²) in [6.07, 6.45) is -4.22. The minimum absolute atomic E-state index is 0.0539. The van der Waals surface area contributed by atoms with E-state index in [9.17, 15) is 13.2 Å². The first-order valence-corrected chi connectivity index (χ1v) is 6.21. The number of rotatable bonds is 4. The molecule has 2 rings (SSSR count). The van der Waals surface area contributed by atoms with Gasteiger partial charge in [0.15, 0.2) is 0 Å². The third-order valence-electron chi connectivity index (χ3n) is 2.72. The third-order valence-corrected chi connectivity index (χ3v) is 3.03. The monoisotopic (exact) mass is 291 g/mol. The zero-order valence-electron chi connectivity index (χ0n) is 10.3. The molecular weight excluding hydrogens is 279 g/mol. The summed E-state index contributed by atoms with van der Waals surface area (Å²) in [5, 5.41) is 2.90. The van der Waals surface area contributed by atoms with Gasteiger partial charge in [-0.25, -0.2) is 4.98 Å². The van der Waals surface area contributed by atoms with E-state index in [4.69, 9.17) is 11.6 Å². The van der Waals surface area contributed by atoms with Crippen LogP contribution in [0.5, 0.6) is 0 Å². The zero-order chi connectivity index (χ0) is 14.0. The van der Waals surface area contributed by atoms with E-state index in [0.29, 0.717) is 22.9 Å². The summed E-state index contributed by atoms with van der Waals surface area (Å²) in [7, 11) is 0. The summed E-state index contributed by atoms with van der Waals surface area (Å²) in [6, 6.07) is 5.30. The van der Waals surface area contributed by atoms with Gasteiger partial charge < -0.3 is 9.88 Å². The minimum Gasteiger partial charge on any atom is -0.326 e. The molecule has 0 saturated carbocycles. The van der Waals surface area contributed by atoms with Gasteiger partial charge in [0.05, 0.1) is 29.1 Å². The van der Waals surface area contributed by atoms with E-state index in [1.807, 2.05) is 11.5 Å². The maximum absolute atomic E-state index is 12.1. The molecule has 0 saturated heterocycles. The average Bonchev–Trinajstić information content (AvgIpc) is 2.66. The van der Waals surface area contributed by atoms with Crippen molar-refractivity contribution >= 4 is 22.6 Å². The highest BCUT2D eigenvalue weighted by molar-refractivity contribution is 6.35. The van der Waals surface area contributed by atoms with Crippen molar-refractivity contribution in [2.45, 2.75) is 26.2 Å². The maximum Gasteiger partial charge on any atom is 0.401 e. The van der Waals surface area contributed by atoms with Gasteiger partial charge in [-0.1, -0.05) is 17.7 Å². The van der Waals surface area contributed by atoms with Crippen molar-refractivity contribution < 1.29 is 13.2 Å². The van der Waals surface area contributed by atoms with E-state index in [2.05, 4.69) is 10.3 Å². The predicted molar refractivity (Wildman–Crippen MR) is 68.2 cm³/mol. The first-order valence-electron chi connectivity index (χ1n) is 5.83. The number of hydrogen-bond acceptors (Lipinski definition) is 2. The standard InChI is InChI=1S/C12H13ClF3N3/c1-2-19-10(6-17-7-12(14,15)16)18-9-5-3-4-8(13)11(9)19/h3-5,17H,2,6-7H2,1H3. The first-order chi connectivity index (χ1) is 8.92. The Morgan fingerprint density at radius 2 is 2.11 bits per heavy atom. The van der Waals surface area contributed by atoms with Crippen LogP contribution in [0.25, 0.3) is 11.0 Å². The van der Waals surface area contributed by atoms with Crippen LogP contribution >= 0.6 is 11.6 Å². The minimum atomic E-state index is -4.22. The second kappa shape index (κ2) is 5.38. The highest BCUT2D eigenvalue weighted by Crippen LogP contribution is 2.24. The predicted octanol–water partition coefficient (Wildman–Crippen LogP) is 3.36. The van der Waals surface area contributed by atoms with Gasteiger partial charge in [-0.2, -0.15) is 13.2 Å². The summed E-state index contributed by atoms with van der Waals surface area (Å²) in [5.74, 6) is 0.551. The number of aromatic nitrogens is 2. The Labute approximate surface area is 113 Å². The molecule has 0 unspecified atom stereocenters. The lowest BCUT2D eigenvalue weighted by molar-refractivity contribution is -0.125. The molecule has 1 aromatic carbocycles. The highest BCUT2D eigenvalue weighted by atomic mass is 35.5. The smallest absolute Gasteiger partial charge is 0.326 e. The van der Waals surface area contributed by atoms with Gasteiger partial charge >= 0.3 is 6.18 Å². The van der Waals surface area contributed by atoms with Gasteiger partial charge in [-0.05, 0) is 19.1 Å². The summed E-state index contributed by atoms with van der Waals surface area (Å²) in [6.45, 7) is 1.52.